The van der Waals surface area contributed by atoms with Gasteiger partial charge >= 0.3 is 0 Å². The van der Waals surface area contributed by atoms with Crippen LogP contribution in [0.5, 0.6) is 0 Å². The smallest absolute Gasteiger partial charge is 0.233 e. The maximum absolute atomic E-state index is 4.54. The summed E-state index contributed by atoms with van der Waals surface area (Å²) in [6.07, 6.45) is 8.30. The van der Waals surface area contributed by atoms with Crippen LogP contribution in [0.2, 0.25) is 0 Å². The zero-order chi connectivity index (χ0) is 12.4. The van der Waals surface area contributed by atoms with Crippen molar-refractivity contribution in [3.05, 3.63) is 30.4 Å². The Kier molecular flexibility index (Phi) is 4.74. The van der Waals surface area contributed by atoms with E-state index in [0.29, 0.717) is 6.04 Å². The first kappa shape index (κ1) is 14.2. The van der Waals surface area contributed by atoms with E-state index in [0.717, 1.165) is 31.1 Å². The van der Waals surface area contributed by atoms with Crippen LogP contribution in [0, 0.1) is 0 Å². The van der Waals surface area contributed by atoms with Crippen LogP contribution in [-0.2, 0) is 6.54 Å². The lowest BCUT2D eigenvalue weighted by Crippen LogP contribution is -2.40. The molecule has 0 saturated carbocycles. The van der Waals surface area contributed by atoms with E-state index in [1.165, 1.54) is 12.8 Å². The van der Waals surface area contributed by atoms with E-state index in [2.05, 4.69) is 26.4 Å². The number of piperidine rings is 1. The highest BCUT2D eigenvalue weighted by atomic mass is 35.5. The van der Waals surface area contributed by atoms with E-state index in [-0.39, 0.29) is 12.4 Å². The first-order valence-corrected chi connectivity index (χ1v) is 6.53. The van der Waals surface area contributed by atoms with Crippen LogP contribution in [-0.4, -0.2) is 45.4 Å². The summed E-state index contributed by atoms with van der Waals surface area (Å²) in [5.74, 6) is 0.789. The van der Waals surface area contributed by atoms with E-state index in [1.54, 1.807) is 6.20 Å². The second-order valence-electron chi connectivity index (χ2n) is 4.90. The minimum Gasteiger partial charge on any atom is -0.317 e. The lowest BCUT2D eigenvalue weighted by atomic mass is 10.1. The number of hydrogen-bond donors (Lipinski definition) is 1. The second-order valence-corrected chi connectivity index (χ2v) is 4.90. The van der Waals surface area contributed by atoms with Crippen molar-refractivity contribution in [1.82, 2.24) is 24.6 Å². The second kappa shape index (κ2) is 6.32. The van der Waals surface area contributed by atoms with Crippen molar-refractivity contribution in [3.8, 4) is 0 Å². The number of nitrogens with one attached hydrogen (secondary N) is 1. The Hall–Kier alpha value is -1.17. The van der Waals surface area contributed by atoms with Crippen molar-refractivity contribution in [2.24, 2.45) is 0 Å². The molecule has 19 heavy (non-hydrogen) atoms. The maximum Gasteiger partial charge on any atom is 0.233 e. The molecular formula is C13H20ClN5. The molecule has 5 nitrogen and oxygen atoms in total. The van der Waals surface area contributed by atoms with Crippen LogP contribution in [0.15, 0.2) is 24.7 Å². The third kappa shape index (κ3) is 3.23. The third-order valence-corrected chi connectivity index (χ3v) is 3.67. The summed E-state index contributed by atoms with van der Waals surface area (Å²) >= 11 is 0. The number of likely N-dealkylation sites (tertiary alicyclic amines) is 1. The zero-order valence-electron chi connectivity index (χ0n) is 11.1. The first-order chi connectivity index (χ1) is 8.85. The molecule has 0 aliphatic carbocycles. The molecule has 1 fully saturated rings. The van der Waals surface area contributed by atoms with Crippen LogP contribution in [0.4, 0.5) is 0 Å². The number of fused-ring (bicyclic) bond motifs is 1. The SMILES string of the molecule is CNC1CCN(Cc2cn3cccnc3n2)CC1.Cl. The molecule has 3 rings (SSSR count). The topological polar surface area (TPSA) is 45.5 Å². The highest BCUT2D eigenvalue weighted by Crippen LogP contribution is 2.13. The Morgan fingerprint density at radius 1 is 1.37 bits per heavy atom. The summed E-state index contributed by atoms with van der Waals surface area (Å²) in [5.41, 5.74) is 1.11. The highest BCUT2D eigenvalue weighted by molar-refractivity contribution is 5.85. The van der Waals surface area contributed by atoms with E-state index in [4.69, 9.17) is 0 Å². The van der Waals surface area contributed by atoms with Crippen molar-refractivity contribution in [2.75, 3.05) is 20.1 Å². The fourth-order valence-corrected chi connectivity index (χ4v) is 2.56. The van der Waals surface area contributed by atoms with Gasteiger partial charge in [0.15, 0.2) is 0 Å². The number of halogens is 1. The molecule has 0 bridgehead atoms. The molecule has 0 radical (unpaired) electrons. The minimum absolute atomic E-state index is 0. The van der Waals surface area contributed by atoms with Crippen LogP contribution >= 0.6 is 12.4 Å². The molecule has 3 heterocycles. The van der Waals surface area contributed by atoms with Gasteiger partial charge in [-0.3, -0.25) is 9.30 Å². The zero-order valence-corrected chi connectivity index (χ0v) is 11.9. The molecule has 0 spiro atoms. The van der Waals surface area contributed by atoms with Crippen LogP contribution in [0.25, 0.3) is 5.78 Å². The molecule has 1 aliphatic heterocycles. The largest absolute Gasteiger partial charge is 0.317 e. The predicted molar refractivity (Wildman–Crippen MR) is 77.6 cm³/mol. The quantitative estimate of drug-likeness (QED) is 0.922. The molecular weight excluding hydrogens is 262 g/mol. The monoisotopic (exact) mass is 281 g/mol. The summed E-state index contributed by atoms with van der Waals surface area (Å²) in [4.78, 5) is 11.3. The molecule has 0 unspecified atom stereocenters. The molecule has 104 valence electrons. The molecule has 0 atom stereocenters. The van der Waals surface area contributed by atoms with Gasteiger partial charge in [-0.05, 0) is 26.0 Å². The fraction of sp³-hybridized carbons (Fsp3) is 0.538. The van der Waals surface area contributed by atoms with Gasteiger partial charge in [-0.1, -0.05) is 0 Å². The average Bonchev–Trinajstić information content (AvgIpc) is 2.82. The van der Waals surface area contributed by atoms with Gasteiger partial charge in [-0.2, -0.15) is 0 Å². The predicted octanol–water partition coefficient (Wildman–Crippen LogP) is 1.33. The van der Waals surface area contributed by atoms with Crippen molar-refractivity contribution < 1.29 is 0 Å². The van der Waals surface area contributed by atoms with E-state index < -0.39 is 0 Å². The van der Waals surface area contributed by atoms with Gasteiger partial charge in [-0.15, -0.1) is 12.4 Å². The van der Waals surface area contributed by atoms with Crippen LogP contribution < -0.4 is 5.32 Å². The Bertz CT molecular complexity index is 485. The average molecular weight is 282 g/mol. The summed E-state index contributed by atoms with van der Waals surface area (Å²) in [7, 11) is 2.05. The Morgan fingerprint density at radius 2 is 2.16 bits per heavy atom. The number of rotatable bonds is 3. The standard InChI is InChI=1S/C13H19N5.ClH/c1-14-11-3-7-17(8-4-11)9-12-10-18-6-2-5-15-13(18)16-12;/h2,5-6,10-11,14H,3-4,7-9H2,1H3;1H. The molecule has 6 heteroatoms. The third-order valence-electron chi connectivity index (χ3n) is 3.67. The van der Waals surface area contributed by atoms with E-state index in [1.807, 2.05) is 23.7 Å². The minimum atomic E-state index is 0. The molecule has 2 aromatic heterocycles. The van der Waals surface area contributed by atoms with E-state index in [9.17, 15) is 0 Å². The summed E-state index contributed by atoms with van der Waals surface area (Å²) in [5, 5.41) is 3.35. The summed E-state index contributed by atoms with van der Waals surface area (Å²) in [6, 6.07) is 2.61. The van der Waals surface area contributed by atoms with Gasteiger partial charge < -0.3 is 5.32 Å². The first-order valence-electron chi connectivity index (χ1n) is 6.53. The number of nitrogens with zero attached hydrogens (tertiary/aromatic N) is 4. The number of imidazole rings is 1. The van der Waals surface area contributed by atoms with Gasteiger partial charge in [0, 0.05) is 44.3 Å². The molecule has 2 aromatic rings. The van der Waals surface area contributed by atoms with E-state index >= 15 is 0 Å². The maximum atomic E-state index is 4.54. The van der Waals surface area contributed by atoms with Gasteiger partial charge in [0.05, 0.1) is 5.69 Å². The number of hydrogen-bond acceptors (Lipinski definition) is 4. The molecule has 0 aromatic carbocycles. The van der Waals surface area contributed by atoms with Crippen molar-refractivity contribution in [2.45, 2.75) is 25.4 Å². The Morgan fingerprint density at radius 3 is 2.84 bits per heavy atom. The number of aromatic nitrogens is 3. The Balaban J connectivity index is 0.00000133. The fourth-order valence-electron chi connectivity index (χ4n) is 2.56. The van der Waals surface area contributed by atoms with Gasteiger partial charge in [0.2, 0.25) is 5.78 Å². The summed E-state index contributed by atoms with van der Waals surface area (Å²) in [6.45, 7) is 3.22. The molecule has 1 aliphatic rings. The lowest BCUT2D eigenvalue weighted by Gasteiger charge is -2.31. The van der Waals surface area contributed by atoms with Gasteiger partial charge in [0.25, 0.3) is 0 Å². The van der Waals surface area contributed by atoms with Crippen molar-refractivity contribution in [3.63, 3.8) is 0 Å². The van der Waals surface area contributed by atoms with Gasteiger partial charge in [-0.25, -0.2) is 9.97 Å². The van der Waals surface area contributed by atoms with Crippen molar-refractivity contribution in [1.29, 1.82) is 0 Å². The molecule has 1 saturated heterocycles. The van der Waals surface area contributed by atoms with Crippen molar-refractivity contribution >= 4 is 18.2 Å². The van der Waals surface area contributed by atoms with Crippen LogP contribution in [0.1, 0.15) is 18.5 Å². The summed E-state index contributed by atoms with van der Waals surface area (Å²) < 4.78 is 1.98. The molecule has 1 N–H and O–H groups in total. The highest BCUT2D eigenvalue weighted by Gasteiger charge is 2.18. The van der Waals surface area contributed by atoms with Gasteiger partial charge in [0.1, 0.15) is 0 Å². The Labute approximate surface area is 119 Å². The lowest BCUT2D eigenvalue weighted by molar-refractivity contribution is 0.193. The van der Waals surface area contributed by atoms with Crippen LogP contribution in [0.3, 0.4) is 0 Å². The molecule has 0 amide bonds. The normalized spacial score (nSPS) is 17.5.